The van der Waals surface area contributed by atoms with E-state index in [0.717, 1.165) is 59.0 Å². The summed E-state index contributed by atoms with van der Waals surface area (Å²) in [7, 11) is 3.36. The van der Waals surface area contributed by atoms with Crippen LogP contribution in [0, 0.1) is 6.92 Å². The Kier molecular flexibility index (Phi) is 10.1. The number of aromatic nitrogens is 2. The minimum Gasteiger partial charge on any atom is -0.497 e. The van der Waals surface area contributed by atoms with Gasteiger partial charge in [-0.25, -0.2) is 0 Å². The van der Waals surface area contributed by atoms with Gasteiger partial charge in [0.05, 0.1) is 26.5 Å². The van der Waals surface area contributed by atoms with Crippen molar-refractivity contribution < 1.29 is 14.6 Å². The van der Waals surface area contributed by atoms with Gasteiger partial charge in [-0.1, -0.05) is 30.3 Å². The molecule has 3 aromatic carbocycles. The maximum Gasteiger partial charge on any atom is 0.119 e. The number of ether oxygens (including phenoxy) is 2. The van der Waals surface area contributed by atoms with Gasteiger partial charge < -0.3 is 19.9 Å². The van der Waals surface area contributed by atoms with Crippen LogP contribution in [0.3, 0.4) is 0 Å². The number of methoxy groups -OCH3 is 2. The largest absolute Gasteiger partial charge is 0.497 e. The summed E-state index contributed by atoms with van der Waals surface area (Å²) < 4.78 is 16.2. The predicted molar refractivity (Wildman–Crippen MR) is 155 cm³/mol. The molecule has 4 aromatic rings. The lowest BCUT2D eigenvalue weighted by atomic mass is 10.1. The normalized spacial score (nSPS) is 10.9. The van der Waals surface area contributed by atoms with Crippen molar-refractivity contribution >= 4 is 17.6 Å². The average Bonchev–Trinajstić information content (AvgIpc) is 3.35. The Bertz CT molecular complexity index is 1320. The summed E-state index contributed by atoms with van der Waals surface area (Å²) in [5, 5.41) is 17.5. The van der Waals surface area contributed by atoms with E-state index in [1.165, 1.54) is 10.5 Å². The number of aryl methyl sites for hydroxylation is 1. The third-order valence-electron chi connectivity index (χ3n) is 6.20. The number of aliphatic hydroxyl groups excluding tert-OH is 1. The molecule has 0 unspecified atom stereocenters. The summed E-state index contributed by atoms with van der Waals surface area (Å²) in [4.78, 5) is 1.18. The van der Waals surface area contributed by atoms with Gasteiger partial charge in [-0.05, 0) is 79.2 Å². The van der Waals surface area contributed by atoms with Crippen molar-refractivity contribution in [2.75, 3.05) is 32.7 Å². The van der Waals surface area contributed by atoms with Crippen LogP contribution >= 0.6 is 11.9 Å². The highest BCUT2D eigenvalue weighted by molar-refractivity contribution is 7.97. The van der Waals surface area contributed by atoms with E-state index < -0.39 is 0 Å². The predicted octanol–water partition coefficient (Wildman–Crippen LogP) is 5.91. The molecule has 0 spiro atoms. The SMILES string of the molecule is COc1cccc(Cn2cc(CNc3ccc(C)c(SNCCCCO)c3)c(-c3cccc(OC)c3)n2)c1. The number of rotatable bonds is 14. The Morgan fingerprint density at radius 2 is 1.74 bits per heavy atom. The van der Waals surface area contributed by atoms with Gasteiger partial charge in [0.1, 0.15) is 11.5 Å². The van der Waals surface area contributed by atoms with Crippen LogP contribution in [0.25, 0.3) is 11.3 Å². The molecule has 1 heterocycles. The maximum absolute atomic E-state index is 8.97. The van der Waals surface area contributed by atoms with Gasteiger partial charge >= 0.3 is 0 Å². The van der Waals surface area contributed by atoms with E-state index in [2.05, 4.69) is 53.5 Å². The Balaban J connectivity index is 1.53. The number of hydrogen-bond donors (Lipinski definition) is 3. The highest BCUT2D eigenvalue weighted by Gasteiger charge is 2.13. The number of hydrogen-bond acceptors (Lipinski definition) is 7. The second-order valence-corrected chi connectivity index (χ2v) is 9.98. The van der Waals surface area contributed by atoms with Crippen LogP contribution in [0.15, 0.2) is 77.8 Å². The Morgan fingerprint density at radius 1 is 0.947 bits per heavy atom. The van der Waals surface area contributed by atoms with Crippen LogP contribution in [-0.4, -0.2) is 42.3 Å². The minimum atomic E-state index is 0.235. The molecule has 0 bridgehead atoms. The molecular formula is C30H36N4O3S. The van der Waals surface area contributed by atoms with E-state index in [1.807, 2.05) is 41.1 Å². The highest BCUT2D eigenvalue weighted by atomic mass is 32.2. The van der Waals surface area contributed by atoms with E-state index in [9.17, 15) is 0 Å². The Labute approximate surface area is 229 Å². The van der Waals surface area contributed by atoms with Crippen LogP contribution in [0.2, 0.25) is 0 Å². The first-order chi connectivity index (χ1) is 18.6. The molecule has 7 nitrogen and oxygen atoms in total. The Hall–Kier alpha value is -3.46. The molecule has 0 saturated carbocycles. The first-order valence-corrected chi connectivity index (χ1v) is 13.6. The van der Waals surface area contributed by atoms with Crippen molar-refractivity contribution in [1.82, 2.24) is 14.5 Å². The van der Waals surface area contributed by atoms with Crippen LogP contribution in [-0.2, 0) is 13.1 Å². The fraction of sp³-hybridized carbons (Fsp3) is 0.300. The van der Waals surface area contributed by atoms with Gasteiger partial charge in [-0.15, -0.1) is 0 Å². The molecule has 0 radical (unpaired) electrons. The molecule has 38 heavy (non-hydrogen) atoms. The van der Waals surface area contributed by atoms with Crippen LogP contribution in [0.4, 0.5) is 5.69 Å². The second kappa shape index (κ2) is 13.9. The van der Waals surface area contributed by atoms with Gasteiger partial charge in [0.25, 0.3) is 0 Å². The smallest absolute Gasteiger partial charge is 0.119 e. The fourth-order valence-electron chi connectivity index (χ4n) is 4.10. The number of benzene rings is 3. The zero-order valence-electron chi connectivity index (χ0n) is 22.2. The van der Waals surface area contributed by atoms with E-state index in [0.29, 0.717) is 13.1 Å². The van der Waals surface area contributed by atoms with Gasteiger partial charge in [-0.2, -0.15) is 5.10 Å². The first-order valence-electron chi connectivity index (χ1n) is 12.8. The van der Waals surface area contributed by atoms with Crippen molar-refractivity contribution in [1.29, 1.82) is 0 Å². The molecule has 8 heteroatoms. The van der Waals surface area contributed by atoms with Crippen molar-refractivity contribution in [3.8, 4) is 22.8 Å². The standard InChI is InChI=1S/C30H36N4O3S/c1-22-12-13-26(18-29(22)38-32-14-4-5-15-35)31-19-25-21-34(20-23-8-6-10-27(16-23)36-2)33-30(25)24-9-7-11-28(17-24)37-3/h6-13,16-18,21,31-32,35H,4-5,14-15,19-20H2,1-3H3. The van der Waals surface area contributed by atoms with Crippen molar-refractivity contribution in [2.24, 2.45) is 0 Å². The zero-order valence-corrected chi connectivity index (χ0v) is 23.1. The quantitative estimate of drug-likeness (QED) is 0.138. The summed E-state index contributed by atoms with van der Waals surface area (Å²) in [5.41, 5.74) is 6.42. The van der Waals surface area contributed by atoms with Crippen molar-refractivity contribution in [3.63, 3.8) is 0 Å². The summed E-state index contributed by atoms with van der Waals surface area (Å²) in [6.07, 6.45) is 3.87. The number of anilines is 1. The topological polar surface area (TPSA) is 80.6 Å². The highest BCUT2D eigenvalue weighted by Crippen LogP contribution is 2.28. The van der Waals surface area contributed by atoms with E-state index in [-0.39, 0.29) is 6.61 Å². The summed E-state index contributed by atoms with van der Waals surface area (Å²) >= 11 is 1.63. The number of nitrogens with one attached hydrogen (secondary N) is 2. The van der Waals surface area contributed by atoms with Crippen LogP contribution in [0.1, 0.15) is 29.5 Å². The third-order valence-corrected chi connectivity index (χ3v) is 7.21. The van der Waals surface area contributed by atoms with Crippen LogP contribution < -0.4 is 19.5 Å². The van der Waals surface area contributed by atoms with Crippen LogP contribution in [0.5, 0.6) is 11.5 Å². The first kappa shape index (κ1) is 27.6. The molecule has 0 aliphatic carbocycles. The summed E-state index contributed by atoms with van der Waals surface area (Å²) in [6, 6.07) is 22.5. The molecular weight excluding hydrogens is 496 g/mol. The summed E-state index contributed by atoms with van der Waals surface area (Å²) in [6.45, 7) is 4.48. The number of nitrogens with zero attached hydrogens (tertiary/aromatic N) is 2. The molecule has 0 aliphatic heterocycles. The van der Waals surface area contributed by atoms with Gasteiger partial charge in [-0.3, -0.25) is 9.40 Å². The lowest BCUT2D eigenvalue weighted by Gasteiger charge is -2.11. The van der Waals surface area contributed by atoms with Crippen molar-refractivity contribution in [2.45, 2.75) is 37.8 Å². The van der Waals surface area contributed by atoms with E-state index >= 15 is 0 Å². The summed E-state index contributed by atoms with van der Waals surface area (Å²) in [5.74, 6) is 1.64. The minimum absolute atomic E-state index is 0.235. The second-order valence-electron chi connectivity index (χ2n) is 9.04. The zero-order chi connectivity index (χ0) is 26.7. The molecule has 3 N–H and O–H groups in total. The maximum atomic E-state index is 8.97. The molecule has 0 saturated heterocycles. The number of unbranched alkanes of at least 4 members (excludes halogenated alkanes) is 1. The monoisotopic (exact) mass is 532 g/mol. The van der Waals surface area contributed by atoms with Gasteiger partial charge in [0.15, 0.2) is 0 Å². The average molecular weight is 533 g/mol. The molecule has 200 valence electrons. The molecule has 0 aliphatic rings. The lowest BCUT2D eigenvalue weighted by Crippen LogP contribution is -2.07. The fourth-order valence-corrected chi connectivity index (χ4v) is 4.92. The molecule has 4 rings (SSSR count). The molecule has 0 atom stereocenters. The van der Waals surface area contributed by atoms with Crippen molar-refractivity contribution in [3.05, 3.63) is 89.6 Å². The van der Waals surface area contributed by atoms with Gasteiger partial charge in [0.2, 0.25) is 0 Å². The van der Waals surface area contributed by atoms with E-state index in [4.69, 9.17) is 19.7 Å². The molecule has 0 fully saturated rings. The lowest BCUT2D eigenvalue weighted by molar-refractivity contribution is 0.285. The number of aliphatic hydroxyl groups is 1. The molecule has 1 aromatic heterocycles. The molecule has 0 amide bonds. The van der Waals surface area contributed by atoms with Gasteiger partial charge in [0, 0.05) is 47.6 Å². The van der Waals surface area contributed by atoms with E-state index in [1.54, 1.807) is 26.2 Å². The third kappa shape index (κ3) is 7.54. The Morgan fingerprint density at radius 3 is 2.53 bits per heavy atom.